The number of aliphatic hydroxyl groups excluding tert-OH is 1. The number of hydrogen-bond acceptors (Lipinski definition) is 9. The Morgan fingerprint density at radius 2 is 1.76 bits per heavy atom. The van der Waals surface area contributed by atoms with Crippen LogP contribution >= 0.6 is 11.3 Å². The van der Waals surface area contributed by atoms with Crippen LogP contribution in [0.25, 0.3) is 0 Å². The van der Waals surface area contributed by atoms with Gasteiger partial charge in [-0.2, -0.15) is 0 Å². The fourth-order valence-electron chi connectivity index (χ4n) is 6.17. The monoisotopic (exact) mass is 704 g/mol. The summed E-state index contributed by atoms with van der Waals surface area (Å²) >= 11 is 1.26. The maximum absolute atomic E-state index is 14.2. The zero-order chi connectivity index (χ0) is 35.8. The third-order valence-electron chi connectivity index (χ3n) is 8.90. The molecule has 3 heterocycles. The van der Waals surface area contributed by atoms with E-state index in [-0.39, 0.29) is 43.8 Å². The van der Waals surface area contributed by atoms with E-state index >= 15 is 0 Å². The van der Waals surface area contributed by atoms with Crippen molar-refractivity contribution in [3.63, 3.8) is 0 Å². The lowest BCUT2D eigenvalue weighted by Crippen LogP contribution is -2.56. The van der Waals surface area contributed by atoms with Gasteiger partial charge in [0.05, 0.1) is 30.4 Å². The number of nitrogens with one attached hydrogen (secondary N) is 3. The minimum absolute atomic E-state index is 0.178. The van der Waals surface area contributed by atoms with Gasteiger partial charge in [0.1, 0.15) is 22.7 Å². The number of fused-ring (bicyclic) bond motifs is 4. The molecule has 266 valence electrons. The highest BCUT2D eigenvalue weighted by Gasteiger charge is 2.40. The van der Waals surface area contributed by atoms with Gasteiger partial charge in [0, 0.05) is 32.0 Å². The molecule has 2 bridgehead atoms. The molecule has 5 rings (SSSR count). The molecule has 0 aliphatic carbocycles. The fraction of sp³-hybridized carbons (Fsp3) is 0.444. The molecular formula is C36H44N6O7S. The minimum atomic E-state index is -1.30. The van der Waals surface area contributed by atoms with E-state index in [1.165, 1.54) is 16.2 Å². The number of aryl methyl sites for hydroxylation is 1. The van der Waals surface area contributed by atoms with E-state index in [0.29, 0.717) is 29.3 Å². The molecule has 5 amide bonds. The average Bonchev–Trinajstić information content (AvgIpc) is 3.73. The summed E-state index contributed by atoms with van der Waals surface area (Å²) in [6.07, 6.45) is 0.745. The number of thiazole rings is 1. The largest absolute Gasteiger partial charge is 0.484 e. The quantitative estimate of drug-likeness (QED) is 0.288. The number of ether oxygens (including phenoxy) is 1. The van der Waals surface area contributed by atoms with Gasteiger partial charge in [0.2, 0.25) is 17.7 Å². The normalized spacial score (nSPS) is 22.2. The highest BCUT2D eigenvalue weighted by Crippen LogP contribution is 2.32. The van der Waals surface area contributed by atoms with Crippen LogP contribution in [0, 0.1) is 12.8 Å². The topological polar surface area (TPSA) is 170 Å². The van der Waals surface area contributed by atoms with Crippen LogP contribution in [0.1, 0.15) is 52.7 Å². The van der Waals surface area contributed by atoms with E-state index in [4.69, 9.17) is 4.74 Å². The minimum Gasteiger partial charge on any atom is -0.484 e. The Labute approximate surface area is 295 Å². The molecule has 1 aromatic heterocycles. The van der Waals surface area contributed by atoms with Crippen molar-refractivity contribution in [2.75, 3.05) is 39.4 Å². The predicted molar refractivity (Wildman–Crippen MR) is 186 cm³/mol. The molecule has 13 nitrogen and oxygen atoms in total. The number of likely N-dealkylation sites (tertiary alicyclic amines) is 1. The molecule has 0 radical (unpaired) electrons. The maximum Gasteiger partial charge on any atom is 0.265 e. The number of aliphatic hydroxyl groups is 1. The lowest BCUT2D eigenvalue weighted by Gasteiger charge is -2.29. The lowest BCUT2D eigenvalue weighted by atomic mass is 9.93. The molecule has 0 unspecified atom stereocenters. The Bertz CT molecular complexity index is 1680. The molecule has 50 heavy (non-hydrogen) atoms. The number of rotatable bonds is 7. The van der Waals surface area contributed by atoms with Crippen LogP contribution in [0.15, 0.2) is 60.1 Å². The van der Waals surface area contributed by atoms with Crippen LogP contribution in [0.4, 0.5) is 0 Å². The van der Waals surface area contributed by atoms with Gasteiger partial charge in [-0.3, -0.25) is 24.0 Å². The van der Waals surface area contributed by atoms with Crippen LogP contribution in [0.2, 0.25) is 0 Å². The third-order valence-corrected chi connectivity index (χ3v) is 9.82. The summed E-state index contributed by atoms with van der Waals surface area (Å²) in [5, 5.41) is 18.6. The molecule has 1 fully saturated rings. The van der Waals surface area contributed by atoms with Crippen molar-refractivity contribution in [3.8, 4) is 5.75 Å². The van der Waals surface area contributed by atoms with Gasteiger partial charge in [0.15, 0.2) is 6.61 Å². The number of benzene rings is 2. The highest BCUT2D eigenvalue weighted by atomic mass is 32.1. The van der Waals surface area contributed by atoms with Crippen LogP contribution in [-0.4, -0.2) is 107 Å². The Balaban J connectivity index is 1.50. The Morgan fingerprint density at radius 1 is 1.00 bits per heavy atom. The number of amides is 5. The van der Waals surface area contributed by atoms with Gasteiger partial charge >= 0.3 is 0 Å². The van der Waals surface area contributed by atoms with E-state index in [1.807, 2.05) is 50.2 Å². The zero-order valence-corrected chi connectivity index (χ0v) is 29.3. The van der Waals surface area contributed by atoms with Crippen molar-refractivity contribution in [1.29, 1.82) is 0 Å². The SMILES string of the molecule is Cc1ncsc1C(=O)N1C[C@H]2NC(=O)[C@H](Cc3ccccc3)NC(=O)CN(CCC(C)C)C(=O)[C@H](CO)NC(=O)COc3cccc(c3)[C@@H]2C1. The maximum atomic E-state index is 14.2. The van der Waals surface area contributed by atoms with Crippen molar-refractivity contribution in [3.05, 3.63) is 81.8 Å². The fourth-order valence-corrected chi connectivity index (χ4v) is 6.94. The molecule has 0 spiro atoms. The van der Waals surface area contributed by atoms with Crippen LogP contribution < -0.4 is 20.7 Å². The number of aromatic nitrogens is 1. The van der Waals surface area contributed by atoms with Crippen molar-refractivity contribution in [2.45, 2.75) is 57.7 Å². The molecule has 1 saturated heterocycles. The van der Waals surface area contributed by atoms with Gasteiger partial charge in [-0.25, -0.2) is 4.98 Å². The Kier molecular flexibility index (Phi) is 12.2. The van der Waals surface area contributed by atoms with E-state index < -0.39 is 55.0 Å². The van der Waals surface area contributed by atoms with Crippen molar-refractivity contribution in [1.82, 2.24) is 30.7 Å². The third kappa shape index (κ3) is 9.24. The summed E-state index contributed by atoms with van der Waals surface area (Å²) < 4.78 is 5.80. The van der Waals surface area contributed by atoms with Crippen molar-refractivity contribution < 1.29 is 33.8 Å². The standard InChI is InChI=1S/C36H44N6O7S/c1-22(2)12-13-41-18-31(44)38-28(14-24-8-5-4-6-9-24)34(46)40-29-17-42(36(48)33-23(3)37-21-50-33)16-27(29)25-10-7-11-26(15-25)49-20-32(45)39-30(19-43)35(41)47/h4-11,15,21-22,27-30,43H,12-14,16-20H2,1-3H3,(H,38,44)(H,39,45)(H,40,46)/t27-,28-,29+,30-/m0/s1. The summed E-state index contributed by atoms with van der Waals surface area (Å²) in [5.41, 5.74) is 3.85. The van der Waals surface area contributed by atoms with Gasteiger partial charge in [0.25, 0.3) is 11.8 Å². The molecule has 2 aromatic carbocycles. The van der Waals surface area contributed by atoms with E-state index in [2.05, 4.69) is 20.9 Å². The average molecular weight is 705 g/mol. The molecule has 2 aliphatic heterocycles. The smallest absolute Gasteiger partial charge is 0.265 e. The molecular weight excluding hydrogens is 660 g/mol. The Hall–Kier alpha value is -4.82. The Morgan fingerprint density at radius 3 is 2.46 bits per heavy atom. The van der Waals surface area contributed by atoms with Gasteiger partial charge in [-0.05, 0) is 42.5 Å². The molecule has 4 atom stereocenters. The second kappa shape index (κ2) is 16.7. The van der Waals surface area contributed by atoms with Crippen molar-refractivity contribution in [2.24, 2.45) is 5.92 Å². The summed E-state index contributed by atoms with van der Waals surface area (Å²) in [5.74, 6) is -2.20. The molecule has 14 heteroatoms. The first-order valence-electron chi connectivity index (χ1n) is 16.8. The van der Waals surface area contributed by atoms with E-state index in [1.54, 1.807) is 35.5 Å². The number of hydrogen-bond donors (Lipinski definition) is 4. The van der Waals surface area contributed by atoms with Crippen LogP contribution in [0.3, 0.4) is 0 Å². The first-order valence-corrected chi connectivity index (χ1v) is 17.6. The first-order chi connectivity index (χ1) is 24.0. The van der Waals surface area contributed by atoms with Crippen LogP contribution in [0.5, 0.6) is 5.75 Å². The summed E-state index contributed by atoms with van der Waals surface area (Å²) in [6, 6.07) is 13.5. The zero-order valence-electron chi connectivity index (χ0n) is 28.5. The predicted octanol–water partition coefficient (Wildman–Crippen LogP) is 1.65. The second-order valence-corrected chi connectivity index (χ2v) is 14.0. The van der Waals surface area contributed by atoms with Gasteiger partial charge in [-0.15, -0.1) is 11.3 Å². The van der Waals surface area contributed by atoms with Gasteiger partial charge in [-0.1, -0.05) is 56.3 Å². The highest BCUT2D eigenvalue weighted by molar-refractivity contribution is 7.11. The lowest BCUT2D eigenvalue weighted by molar-refractivity contribution is -0.141. The number of nitrogens with zero attached hydrogens (tertiary/aromatic N) is 3. The molecule has 3 aromatic rings. The second-order valence-electron chi connectivity index (χ2n) is 13.1. The van der Waals surface area contributed by atoms with E-state index in [0.717, 1.165) is 11.1 Å². The number of carbonyl (C=O) groups excluding carboxylic acids is 5. The molecule has 0 saturated carbocycles. The molecule has 4 N–H and O–H groups in total. The van der Waals surface area contributed by atoms with Gasteiger partial charge < -0.3 is 35.6 Å². The molecule has 2 aliphatic rings. The first kappa shape index (κ1) is 36.5. The summed E-state index contributed by atoms with van der Waals surface area (Å²) in [4.78, 5) is 75.6. The van der Waals surface area contributed by atoms with E-state index in [9.17, 15) is 29.1 Å². The van der Waals surface area contributed by atoms with Crippen molar-refractivity contribution >= 4 is 40.9 Å². The number of carbonyl (C=O) groups is 5. The van der Waals surface area contributed by atoms with Crippen LogP contribution in [-0.2, 0) is 25.6 Å². The summed E-state index contributed by atoms with van der Waals surface area (Å²) in [6.45, 7) is 4.95. The summed E-state index contributed by atoms with van der Waals surface area (Å²) in [7, 11) is 0.